The van der Waals surface area contributed by atoms with Gasteiger partial charge in [0.1, 0.15) is 0 Å². The van der Waals surface area contributed by atoms with E-state index in [4.69, 9.17) is 10.9 Å². The molecule has 0 spiro atoms. The quantitative estimate of drug-likeness (QED) is 0.319. The predicted octanol–water partition coefficient (Wildman–Crippen LogP) is 2.47. The number of rotatable bonds is 4. The molecule has 1 aliphatic carbocycles. The van der Waals surface area contributed by atoms with E-state index < -0.39 is 6.04 Å². The van der Waals surface area contributed by atoms with Crippen molar-refractivity contribution in [2.24, 2.45) is 16.8 Å². The largest absolute Gasteiger partial charge is 0.409 e. The maximum Gasteiger partial charge on any atom is 0.251 e. The molecule has 0 saturated heterocycles. The van der Waals surface area contributed by atoms with Gasteiger partial charge in [0, 0.05) is 14.5 Å². The number of carbonyl (C=O) groups is 1. The average Bonchev–Trinajstić information content (AvgIpc) is 3.17. The minimum absolute atomic E-state index is 0.0462. The molecule has 4 N–H and O–H groups in total. The van der Waals surface area contributed by atoms with Crippen molar-refractivity contribution >= 4 is 43.6 Å². The maximum absolute atomic E-state index is 12.2. The number of amidine groups is 1. The molecule has 1 aliphatic rings. The summed E-state index contributed by atoms with van der Waals surface area (Å²) in [6, 6.07) is 4.88. The normalized spacial score (nSPS) is 17.1. The van der Waals surface area contributed by atoms with Gasteiger partial charge in [0.25, 0.3) is 5.91 Å². The Kier molecular flexibility index (Phi) is 4.46. The summed E-state index contributed by atoms with van der Waals surface area (Å²) in [6.45, 7) is 0. The van der Waals surface area contributed by atoms with Crippen molar-refractivity contribution < 1.29 is 10.0 Å². The van der Waals surface area contributed by atoms with Crippen LogP contribution < -0.4 is 11.1 Å². The van der Waals surface area contributed by atoms with Crippen LogP contribution in [0.2, 0.25) is 0 Å². The number of nitrogens with zero attached hydrogens (tertiary/aromatic N) is 1. The van der Waals surface area contributed by atoms with Crippen LogP contribution in [0.3, 0.4) is 0 Å². The number of carbonyl (C=O) groups excluding carboxylic acids is 1. The minimum Gasteiger partial charge on any atom is -0.409 e. The van der Waals surface area contributed by atoms with Gasteiger partial charge < -0.3 is 16.3 Å². The van der Waals surface area contributed by atoms with Crippen molar-refractivity contribution in [2.45, 2.75) is 18.9 Å². The zero-order valence-corrected chi connectivity index (χ0v) is 13.1. The average molecular weight is 391 g/mol. The lowest BCUT2D eigenvalue weighted by Crippen LogP contribution is -2.46. The van der Waals surface area contributed by atoms with Crippen LogP contribution in [0, 0.1) is 5.92 Å². The first-order chi connectivity index (χ1) is 9.01. The van der Waals surface area contributed by atoms with Crippen LogP contribution in [0.5, 0.6) is 0 Å². The highest BCUT2D eigenvalue weighted by Gasteiger charge is 2.35. The summed E-state index contributed by atoms with van der Waals surface area (Å²) in [5.41, 5.74) is 6.12. The standard InChI is InChI=1S/C12H13Br2N3O2/c13-8-3-7(4-9(14)5-8)12(18)16-10(6-1-2-6)11(15)17-19/h3-6,10,19H,1-2H2,(H2,15,17)(H,16,18). The van der Waals surface area contributed by atoms with Gasteiger partial charge in [0.15, 0.2) is 5.84 Å². The van der Waals surface area contributed by atoms with Crippen LogP contribution in [0.15, 0.2) is 32.3 Å². The lowest BCUT2D eigenvalue weighted by Gasteiger charge is -2.16. The Morgan fingerprint density at radius 2 is 1.95 bits per heavy atom. The first-order valence-corrected chi connectivity index (χ1v) is 7.34. The Hall–Kier alpha value is -1.08. The van der Waals surface area contributed by atoms with E-state index in [0.29, 0.717) is 5.56 Å². The van der Waals surface area contributed by atoms with E-state index in [1.54, 1.807) is 12.1 Å². The second kappa shape index (κ2) is 5.92. The Morgan fingerprint density at radius 1 is 1.37 bits per heavy atom. The Labute approximate surface area is 127 Å². The highest BCUT2D eigenvalue weighted by molar-refractivity contribution is 9.11. The molecular weight excluding hydrogens is 378 g/mol. The zero-order valence-electron chi connectivity index (χ0n) is 9.94. The molecule has 0 heterocycles. The van der Waals surface area contributed by atoms with Gasteiger partial charge in [-0.05, 0) is 37.0 Å². The molecule has 1 saturated carbocycles. The summed E-state index contributed by atoms with van der Waals surface area (Å²) in [6.07, 6.45) is 1.95. The SMILES string of the molecule is N/C(=N/O)C(NC(=O)c1cc(Br)cc(Br)c1)C1CC1. The molecule has 102 valence electrons. The molecule has 0 radical (unpaired) electrons. The first-order valence-electron chi connectivity index (χ1n) is 5.75. The van der Waals surface area contributed by atoms with E-state index >= 15 is 0 Å². The third kappa shape index (κ3) is 3.70. The van der Waals surface area contributed by atoms with E-state index in [0.717, 1.165) is 21.8 Å². The lowest BCUT2D eigenvalue weighted by atomic mass is 10.1. The van der Waals surface area contributed by atoms with Crippen LogP contribution in [0.4, 0.5) is 0 Å². The summed E-state index contributed by atoms with van der Waals surface area (Å²) >= 11 is 6.67. The van der Waals surface area contributed by atoms with Gasteiger partial charge in [0.05, 0.1) is 6.04 Å². The molecule has 1 aromatic rings. The highest BCUT2D eigenvalue weighted by Crippen LogP contribution is 2.33. The number of hydrogen-bond acceptors (Lipinski definition) is 3. The monoisotopic (exact) mass is 389 g/mol. The van der Waals surface area contributed by atoms with Crippen LogP contribution in [-0.4, -0.2) is 23.0 Å². The van der Waals surface area contributed by atoms with Crippen LogP contribution in [0.1, 0.15) is 23.2 Å². The van der Waals surface area contributed by atoms with Gasteiger partial charge in [-0.1, -0.05) is 37.0 Å². The molecule has 19 heavy (non-hydrogen) atoms. The van der Waals surface area contributed by atoms with Gasteiger partial charge in [-0.25, -0.2) is 0 Å². The van der Waals surface area contributed by atoms with Crippen LogP contribution in [-0.2, 0) is 0 Å². The van der Waals surface area contributed by atoms with Crippen molar-refractivity contribution in [3.8, 4) is 0 Å². The van der Waals surface area contributed by atoms with E-state index in [1.807, 2.05) is 6.07 Å². The number of halogens is 2. The molecule has 5 nitrogen and oxygen atoms in total. The van der Waals surface area contributed by atoms with E-state index in [1.165, 1.54) is 0 Å². The lowest BCUT2D eigenvalue weighted by molar-refractivity contribution is 0.0943. The molecule has 7 heteroatoms. The van der Waals surface area contributed by atoms with Crippen molar-refractivity contribution in [1.29, 1.82) is 0 Å². The Bertz CT molecular complexity index is 509. The third-order valence-electron chi connectivity index (χ3n) is 2.94. The molecule has 0 aromatic heterocycles. The number of amides is 1. The van der Waals surface area contributed by atoms with Crippen molar-refractivity contribution in [1.82, 2.24) is 5.32 Å². The second-order valence-electron chi connectivity index (χ2n) is 4.47. The Morgan fingerprint density at radius 3 is 2.42 bits per heavy atom. The molecule has 1 amide bonds. The maximum atomic E-state index is 12.2. The van der Waals surface area contributed by atoms with Gasteiger partial charge in [-0.15, -0.1) is 0 Å². The van der Waals surface area contributed by atoms with Gasteiger partial charge in [-0.3, -0.25) is 4.79 Å². The van der Waals surface area contributed by atoms with Crippen molar-refractivity contribution in [3.63, 3.8) is 0 Å². The molecule has 1 fully saturated rings. The number of nitrogens with two attached hydrogens (primary N) is 1. The van der Waals surface area contributed by atoms with E-state index in [2.05, 4.69) is 42.3 Å². The smallest absolute Gasteiger partial charge is 0.251 e. The summed E-state index contributed by atoms with van der Waals surface area (Å²) in [4.78, 5) is 12.2. The van der Waals surface area contributed by atoms with Gasteiger partial charge in [0.2, 0.25) is 0 Å². The van der Waals surface area contributed by atoms with E-state index in [-0.39, 0.29) is 17.7 Å². The topological polar surface area (TPSA) is 87.7 Å². The molecule has 1 unspecified atom stereocenters. The van der Waals surface area contributed by atoms with Crippen molar-refractivity contribution in [2.75, 3.05) is 0 Å². The fourth-order valence-corrected chi connectivity index (χ4v) is 3.13. The first kappa shape index (κ1) is 14.3. The molecule has 2 rings (SSSR count). The summed E-state index contributed by atoms with van der Waals surface area (Å²) in [5.74, 6) is 0.0610. The predicted molar refractivity (Wildman–Crippen MR) is 79.2 cm³/mol. The highest BCUT2D eigenvalue weighted by atomic mass is 79.9. The Balaban J connectivity index is 2.15. The van der Waals surface area contributed by atoms with E-state index in [9.17, 15) is 4.79 Å². The van der Waals surface area contributed by atoms with Crippen LogP contribution >= 0.6 is 31.9 Å². The molecule has 1 aromatic carbocycles. The minimum atomic E-state index is -0.407. The summed E-state index contributed by atoms with van der Waals surface area (Å²) in [5, 5.41) is 14.5. The molecule has 0 bridgehead atoms. The molecule has 1 atom stereocenters. The molecule has 0 aliphatic heterocycles. The number of oxime groups is 1. The van der Waals surface area contributed by atoms with Gasteiger partial charge >= 0.3 is 0 Å². The number of benzene rings is 1. The third-order valence-corrected chi connectivity index (χ3v) is 3.85. The molecular formula is C12H13Br2N3O2. The van der Waals surface area contributed by atoms with Gasteiger partial charge in [-0.2, -0.15) is 0 Å². The zero-order chi connectivity index (χ0) is 14.0. The fourth-order valence-electron chi connectivity index (χ4n) is 1.83. The summed E-state index contributed by atoms with van der Waals surface area (Å²) < 4.78 is 1.61. The second-order valence-corrected chi connectivity index (χ2v) is 6.30. The van der Waals surface area contributed by atoms with Crippen molar-refractivity contribution in [3.05, 3.63) is 32.7 Å². The summed E-state index contributed by atoms with van der Waals surface area (Å²) in [7, 11) is 0. The van der Waals surface area contributed by atoms with Crippen LogP contribution in [0.25, 0.3) is 0 Å². The fraction of sp³-hybridized carbons (Fsp3) is 0.333. The number of nitrogens with one attached hydrogen (secondary N) is 1. The number of hydrogen-bond donors (Lipinski definition) is 3.